The van der Waals surface area contributed by atoms with E-state index in [4.69, 9.17) is 4.98 Å². The Morgan fingerprint density at radius 2 is 1.18 bits per heavy atom. The normalized spacial score (nSPS) is 11.5. The van der Waals surface area contributed by atoms with E-state index in [2.05, 4.69) is 102 Å². The highest BCUT2D eigenvalue weighted by atomic mass is 14.7. The van der Waals surface area contributed by atoms with E-state index in [-0.39, 0.29) is 0 Å². The first-order chi connectivity index (χ1) is 16.8. The number of fused-ring (bicyclic) bond motifs is 7. The molecule has 0 fully saturated rings. The number of pyridine rings is 2. The molecule has 7 aromatic rings. The largest absolute Gasteiger partial charge is 0.264 e. The predicted molar refractivity (Wildman–Crippen MR) is 143 cm³/mol. The van der Waals surface area contributed by atoms with E-state index < -0.39 is 0 Å². The minimum Gasteiger partial charge on any atom is -0.264 e. The summed E-state index contributed by atoms with van der Waals surface area (Å²) in [6, 6.07) is 38.7. The number of hydrogen-bond donors (Lipinski definition) is 0. The molecular formula is C32H20N2. The second kappa shape index (κ2) is 7.50. The van der Waals surface area contributed by atoms with Crippen molar-refractivity contribution < 1.29 is 0 Å². The molecule has 34 heavy (non-hydrogen) atoms. The van der Waals surface area contributed by atoms with Crippen LogP contribution < -0.4 is 0 Å². The molecule has 0 spiro atoms. The van der Waals surface area contributed by atoms with Gasteiger partial charge < -0.3 is 0 Å². The van der Waals surface area contributed by atoms with Crippen LogP contribution in [0.3, 0.4) is 0 Å². The molecule has 0 N–H and O–H groups in total. The van der Waals surface area contributed by atoms with Crippen LogP contribution in [-0.2, 0) is 0 Å². The van der Waals surface area contributed by atoms with Crippen molar-refractivity contribution in [1.29, 1.82) is 0 Å². The lowest BCUT2D eigenvalue weighted by molar-refractivity contribution is 1.37. The maximum atomic E-state index is 4.90. The molecule has 0 aliphatic carbocycles. The fourth-order valence-corrected chi connectivity index (χ4v) is 5.06. The number of hydrogen-bond acceptors (Lipinski definition) is 2. The first kappa shape index (κ1) is 19.0. The standard InChI is InChI=1S/C32H20N2/c1-4-11-31-21(6-1)13-15-32(34-31)24-8-5-7-22(18-24)23-12-14-27-25-9-2-3-10-26(25)30-20-33-17-16-28(30)29(27)19-23/h1-20H. The average Bonchev–Trinajstić information content (AvgIpc) is 2.93. The molecule has 5 aromatic carbocycles. The molecule has 0 unspecified atom stereocenters. The summed E-state index contributed by atoms with van der Waals surface area (Å²) in [6.45, 7) is 0. The molecule has 2 nitrogen and oxygen atoms in total. The molecular weight excluding hydrogens is 412 g/mol. The first-order valence-corrected chi connectivity index (χ1v) is 11.5. The molecule has 0 amide bonds. The molecule has 0 saturated carbocycles. The monoisotopic (exact) mass is 432 g/mol. The van der Waals surface area contributed by atoms with Crippen LogP contribution in [0.4, 0.5) is 0 Å². The number of rotatable bonds is 2. The molecule has 0 radical (unpaired) electrons. The van der Waals surface area contributed by atoms with E-state index in [9.17, 15) is 0 Å². The van der Waals surface area contributed by atoms with Crippen LogP contribution in [0.25, 0.3) is 65.6 Å². The van der Waals surface area contributed by atoms with Crippen LogP contribution in [-0.4, -0.2) is 9.97 Å². The van der Waals surface area contributed by atoms with Crippen molar-refractivity contribution in [2.24, 2.45) is 0 Å². The van der Waals surface area contributed by atoms with Crippen LogP contribution in [0, 0.1) is 0 Å². The minimum absolute atomic E-state index is 0.990. The molecule has 0 bridgehead atoms. The zero-order valence-corrected chi connectivity index (χ0v) is 18.4. The van der Waals surface area contributed by atoms with Crippen molar-refractivity contribution in [3.05, 3.63) is 122 Å². The number of benzene rings is 5. The zero-order valence-electron chi connectivity index (χ0n) is 18.4. The van der Waals surface area contributed by atoms with Gasteiger partial charge in [0.05, 0.1) is 11.2 Å². The van der Waals surface area contributed by atoms with Crippen LogP contribution in [0.15, 0.2) is 122 Å². The molecule has 7 rings (SSSR count). The van der Waals surface area contributed by atoms with Crippen LogP contribution in [0.1, 0.15) is 0 Å². The molecule has 2 aromatic heterocycles. The average molecular weight is 433 g/mol. The number of aromatic nitrogens is 2. The molecule has 158 valence electrons. The second-order valence-electron chi connectivity index (χ2n) is 8.70. The van der Waals surface area contributed by atoms with Gasteiger partial charge in [0, 0.05) is 28.7 Å². The van der Waals surface area contributed by atoms with E-state index in [0.29, 0.717) is 0 Å². The Kier molecular flexibility index (Phi) is 4.18. The Labute approximate surface area is 197 Å². The molecule has 0 atom stereocenters. The Balaban J connectivity index is 1.42. The van der Waals surface area contributed by atoms with Crippen molar-refractivity contribution in [2.45, 2.75) is 0 Å². The summed E-state index contributed by atoms with van der Waals surface area (Å²) in [6.07, 6.45) is 3.87. The van der Waals surface area contributed by atoms with Gasteiger partial charge in [-0.2, -0.15) is 0 Å². The van der Waals surface area contributed by atoms with Gasteiger partial charge in [-0.1, -0.05) is 78.9 Å². The SMILES string of the molecule is c1cc(-c2ccc3c4ccccc4c4cnccc4c3c2)cc(-c2ccc3ccccc3n2)c1. The third-order valence-electron chi connectivity index (χ3n) is 6.73. The summed E-state index contributed by atoms with van der Waals surface area (Å²) in [5.74, 6) is 0. The van der Waals surface area contributed by atoms with Gasteiger partial charge in [-0.3, -0.25) is 4.98 Å². The van der Waals surface area contributed by atoms with Gasteiger partial charge in [-0.05, 0) is 68.4 Å². The first-order valence-electron chi connectivity index (χ1n) is 11.5. The van der Waals surface area contributed by atoms with Crippen LogP contribution in [0.2, 0.25) is 0 Å². The van der Waals surface area contributed by atoms with Gasteiger partial charge in [0.25, 0.3) is 0 Å². The topological polar surface area (TPSA) is 25.8 Å². The van der Waals surface area contributed by atoms with Gasteiger partial charge in [0.15, 0.2) is 0 Å². The van der Waals surface area contributed by atoms with Crippen molar-refractivity contribution in [3.63, 3.8) is 0 Å². The van der Waals surface area contributed by atoms with Crippen molar-refractivity contribution in [2.75, 3.05) is 0 Å². The van der Waals surface area contributed by atoms with Gasteiger partial charge in [-0.15, -0.1) is 0 Å². The van der Waals surface area contributed by atoms with E-state index in [1.54, 1.807) is 0 Å². The lowest BCUT2D eigenvalue weighted by Gasteiger charge is -2.12. The van der Waals surface area contributed by atoms with Gasteiger partial charge >= 0.3 is 0 Å². The lowest BCUT2D eigenvalue weighted by atomic mass is 9.92. The quantitative estimate of drug-likeness (QED) is 0.256. The van der Waals surface area contributed by atoms with Gasteiger partial charge in [-0.25, -0.2) is 4.98 Å². The summed E-state index contributed by atoms with van der Waals surface area (Å²) in [5, 5.41) is 8.61. The Morgan fingerprint density at radius 1 is 0.441 bits per heavy atom. The molecule has 0 aliphatic heterocycles. The fraction of sp³-hybridized carbons (Fsp3) is 0. The summed E-state index contributed by atoms with van der Waals surface area (Å²) in [4.78, 5) is 9.31. The Bertz CT molecular complexity index is 1830. The van der Waals surface area contributed by atoms with Gasteiger partial charge in [0.1, 0.15) is 0 Å². The molecule has 0 aliphatic rings. The smallest absolute Gasteiger partial charge is 0.0709 e. The minimum atomic E-state index is 0.990. The van der Waals surface area contributed by atoms with Crippen LogP contribution >= 0.6 is 0 Å². The van der Waals surface area contributed by atoms with Crippen molar-refractivity contribution >= 4 is 43.2 Å². The third-order valence-corrected chi connectivity index (χ3v) is 6.73. The summed E-state index contributed by atoms with van der Waals surface area (Å²) >= 11 is 0. The van der Waals surface area contributed by atoms with Crippen LogP contribution in [0.5, 0.6) is 0 Å². The third kappa shape index (κ3) is 2.96. The number of para-hydroxylation sites is 1. The molecule has 2 heterocycles. The fourth-order valence-electron chi connectivity index (χ4n) is 5.06. The van der Waals surface area contributed by atoms with E-state index in [0.717, 1.165) is 22.2 Å². The van der Waals surface area contributed by atoms with Gasteiger partial charge in [0.2, 0.25) is 0 Å². The highest BCUT2D eigenvalue weighted by Crippen LogP contribution is 2.37. The maximum Gasteiger partial charge on any atom is 0.0709 e. The predicted octanol–water partition coefficient (Wildman–Crippen LogP) is 8.42. The number of nitrogens with zero attached hydrogens (tertiary/aromatic N) is 2. The molecule has 2 heteroatoms. The van der Waals surface area contributed by atoms with E-state index in [1.165, 1.54) is 43.4 Å². The zero-order chi connectivity index (χ0) is 22.5. The molecule has 0 saturated heterocycles. The summed E-state index contributed by atoms with van der Waals surface area (Å²) in [5.41, 5.74) is 5.51. The lowest BCUT2D eigenvalue weighted by Crippen LogP contribution is -1.88. The second-order valence-corrected chi connectivity index (χ2v) is 8.70. The highest BCUT2D eigenvalue weighted by molar-refractivity contribution is 6.25. The summed E-state index contributed by atoms with van der Waals surface area (Å²) in [7, 11) is 0. The summed E-state index contributed by atoms with van der Waals surface area (Å²) < 4.78 is 0. The Morgan fingerprint density at radius 3 is 2.12 bits per heavy atom. The van der Waals surface area contributed by atoms with Crippen molar-refractivity contribution in [1.82, 2.24) is 9.97 Å². The Hall–Kier alpha value is -4.56. The maximum absolute atomic E-state index is 4.90. The van der Waals surface area contributed by atoms with E-state index in [1.807, 2.05) is 24.5 Å². The van der Waals surface area contributed by atoms with E-state index >= 15 is 0 Å². The highest BCUT2D eigenvalue weighted by Gasteiger charge is 2.10. The van der Waals surface area contributed by atoms with Crippen molar-refractivity contribution in [3.8, 4) is 22.4 Å².